The third kappa shape index (κ3) is 5.69. The van der Waals surface area contributed by atoms with E-state index in [0.29, 0.717) is 22.2 Å². The highest BCUT2D eigenvalue weighted by Crippen LogP contribution is 2.44. The van der Waals surface area contributed by atoms with Gasteiger partial charge < -0.3 is 9.47 Å². The number of nitrogens with zero attached hydrogens (tertiary/aromatic N) is 4. The third-order valence-electron chi connectivity index (χ3n) is 6.36. The fourth-order valence-corrected chi connectivity index (χ4v) is 5.52. The number of amides is 1. The van der Waals surface area contributed by atoms with Crippen molar-refractivity contribution in [1.82, 2.24) is 10.1 Å². The van der Waals surface area contributed by atoms with Crippen LogP contribution in [0.3, 0.4) is 0 Å². The molecule has 1 aliphatic heterocycles. The van der Waals surface area contributed by atoms with Crippen molar-refractivity contribution < 1.29 is 28.7 Å². The number of para-hydroxylation sites is 1. The van der Waals surface area contributed by atoms with Crippen LogP contribution in [0.1, 0.15) is 58.2 Å². The van der Waals surface area contributed by atoms with Crippen LogP contribution in [0.15, 0.2) is 46.3 Å². The number of rotatable bonds is 10. The van der Waals surface area contributed by atoms with Gasteiger partial charge in [-0.1, -0.05) is 50.1 Å². The quantitative estimate of drug-likeness (QED) is 0.0724. The van der Waals surface area contributed by atoms with Gasteiger partial charge in [0, 0.05) is 24.7 Å². The highest BCUT2D eigenvalue weighted by Gasteiger charge is 2.48. The number of aromatic amines is 1. The van der Waals surface area contributed by atoms with Crippen LogP contribution in [0.4, 0.5) is 11.4 Å². The number of unbranched alkanes of at least 4 members (excludes halogenated alkanes) is 3. The van der Waals surface area contributed by atoms with Gasteiger partial charge in [0.25, 0.3) is 6.17 Å². The van der Waals surface area contributed by atoms with Crippen molar-refractivity contribution in [3.8, 4) is 22.8 Å². The van der Waals surface area contributed by atoms with Crippen LogP contribution in [0.2, 0.25) is 0 Å². The Labute approximate surface area is 234 Å². The lowest BCUT2D eigenvalue weighted by atomic mass is 10.00. The first-order chi connectivity index (χ1) is 19.2. The predicted molar refractivity (Wildman–Crippen MR) is 148 cm³/mol. The average Bonchev–Trinajstić information content (AvgIpc) is 2.91. The summed E-state index contributed by atoms with van der Waals surface area (Å²) >= 11 is 1.37. The Balaban J connectivity index is 2.02. The number of nitro groups is 1. The van der Waals surface area contributed by atoms with Crippen molar-refractivity contribution >= 4 is 35.0 Å². The molecule has 2 aromatic carbocycles. The number of aromatic nitrogens is 3. The zero-order chi connectivity index (χ0) is 29.0. The molecule has 40 heavy (non-hydrogen) atoms. The molecule has 0 radical (unpaired) electrons. The van der Waals surface area contributed by atoms with Gasteiger partial charge in [0.05, 0.1) is 34.9 Å². The summed E-state index contributed by atoms with van der Waals surface area (Å²) in [5.74, 6) is -0.789. The molecule has 0 fully saturated rings. The molecule has 0 bridgehead atoms. The number of hydrogen-bond acceptors (Lipinski definition) is 9. The van der Waals surface area contributed by atoms with E-state index in [1.165, 1.54) is 41.4 Å². The second kappa shape index (κ2) is 12.3. The Kier molecular flexibility index (Phi) is 8.83. The Morgan fingerprint density at radius 2 is 1.95 bits per heavy atom. The minimum Gasteiger partial charge on any atom is -0.496 e. The number of esters is 1. The van der Waals surface area contributed by atoms with E-state index in [-0.39, 0.29) is 22.8 Å². The number of benzene rings is 2. The lowest BCUT2D eigenvalue weighted by Gasteiger charge is -2.31. The summed E-state index contributed by atoms with van der Waals surface area (Å²) in [7, 11) is 1.34. The van der Waals surface area contributed by atoms with E-state index in [4.69, 9.17) is 14.6 Å². The van der Waals surface area contributed by atoms with Crippen molar-refractivity contribution in [2.45, 2.75) is 57.8 Å². The molecular weight excluding hydrogens is 538 g/mol. The number of nitro benzene ring substituents is 1. The second-order valence-corrected chi connectivity index (χ2v) is 10.2. The lowest BCUT2D eigenvalue weighted by Crippen LogP contribution is -2.60. The molecule has 12 nitrogen and oxygen atoms in total. The number of nitrogens with one attached hydrogen (secondary N) is 1. The SMILES string of the molecule is CCCCCCSc1n[n+]2c(c(=O)[nH]1)-c1ccccc1N(C(C)=O)[C@@H]2c1cc(OC)cc([N+](=O)[O-])c1OC(C)=O. The van der Waals surface area contributed by atoms with E-state index in [1.54, 1.807) is 24.3 Å². The normalized spacial score (nSPS) is 13.8. The third-order valence-corrected chi connectivity index (χ3v) is 7.31. The van der Waals surface area contributed by atoms with Crippen molar-refractivity contribution in [2.24, 2.45) is 0 Å². The zero-order valence-corrected chi connectivity index (χ0v) is 23.4. The maximum atomic E-state index is 13.5. The average molecular weight is 569 g/mol. The zero-order valence-electron chi connectivity index (χ0n) is 22.6. The molecule has 1 atom stereocenters. The molecule has 2 heterocycles. The van der Waals surface area contributed by atoms with E-state index in [0.717, 1.165) is 38.7 Å². The summed E-state index contributed by atoms with van der Waals surface area (Å²) in [6.45, 7) is 4.58. The maximum absolute atomic E-state index is 13.5. The van der Waals surface area contributed by atoms with Gasteiger partial charge in [-0.3, -0.25) is 29.5 Å². The fraction of sp³-hybridized carbons (Fsp3) is 0.370. The van der Waals surface area contributed by atoms with E-state index < -0.39 is 34.2 Å². The molecular formula is C27H30N5O7S+. The predicted octanol–water partition coefficient (Wildman–Crippen LogP) is 4.15. The number of ether oxygens (including phenoxy) is 2. The topological polar surface area (TPSA) is 149 Å². The molecule has 4 rings (SSSR count). The molecule has 1 amide bonds. The molecule has 3 aromatic rings. The van der Waals surface area contributed by atoms with Gasteiger partial charge >= 0.3 is 22.9 Å². The maximum Gasteiger partial charge on any atom is 0.325 e. The monoisotopic (exact) mass is 568 g/mol. The fourth-order valence-electron chi connectivity index (χ4n) is 4.67. The molecule has 210 valence electrons. The molecule has 1 aliphatic rings. The molecule has 0 saturated carbocycles. The van der Waals surface area contributed by atoms with Crippen LogP contribution in [-0.4, -0.2) is 39.7 Å². The van der Waals surface area contributed by atoms with Gasteiger partial charge in [0.2, 0.25) is 16.8 Å². The largest absolute Gasteiger partial charge is 0.496 e. The van der Waals surface area contributed by atoms with E-state index in [1.807, 2.05) is 0 Å². The molecule has 0 aliphatic carbocycles. The first-order valence-corrected chi connectivity index (χ1v) is 13.8. The van der Waals surface area contributed by atoms with Crippen molar-refractivity contribution in [3.05, 3.63) is 62.4 Å². The van der Waals surface area contributed by atoms with E-state index in [2.05, 4.69) is 11.9 Å². The number of carbonyl (C=O) groups is 2. The Morgan fingerprint density at radius 1 is 1.20 bits per heavy atom. The molecule has 0 saturated heterocycles. The second-order valence-electron chi connectivity index (χ2n) is 9.16. The summed E-state index contributed by atoms with van der Waals surface area (Å²) in [6.07, 6.45) is 2.94. The molecule has 13 heteroatoms. The van der Waals surface area contributed by atoms with Gasteiger partial charge in [0.1, 0.15) is 5.75 Å². The van der Waals surface area contributed by atoms with Gasteiger partial charge in [0.15, 0.2) is 0 Å². The Morgan fingerprint density at radius 3 is 2.60 bits per heavy atom. The minimum atomic E-state index is -1.22. The number of hydrogen-bond donors (Lipinski definition) is 1. The van der Waals surface area contributed by atoms with Crippen molar-refractivity contribution in [2.75, 3.05) is 17.8 Å². The summed E-state index contributed by atoms with van der Waals surface area (Å²) in [4.78, 5) is 54.4. The van der Waals surface area contributed by atoms with E-state index >= 15 is 0 Å². The molecule has 1 N–H and O–H groups in total. The van der Waals surface area contributed by atoms with Gasteiger partial charge in [-0.15, -0.1) is 0 Å². The number of methoxy groups -OCH3 is 1. The molecule has 1 aromatic heterocycles. The summed E-state index contributed by atoms with van der Waals surface area (Å²) < 4.78 is 12.1. The van der Waals surface area contributed by atoms with Crippen LogP contribution >= 0.6 is 11.8 Å². The molecule has 0 spiro atoms. The van der Waals surface area contributed by atoms with Gasteiger partial charge in [-0.25, -0.2) is 4.90 Å². The number of H-pyrrole nitrogens is 1. The van der Waals surface area contributed by atoms with Crippen molar-refractivity contribution in [3.63, 3.8) is 0 Å². The summed E-state index contributed by atoms with van der Waals surface area (Å²) in [6, 6.07) is 9.39. The van der Waals surface area contributed by atoms with E-state index in [9.17, 15) is 24.5 Å². The highest BCUT2D eigenvalue weighted by atomic mass is 32.2. The Hall–Kier alpha value is -4.26. The van der Waals surface area contributed by atoms with Crippen LogP contribution in [0.25, 0.3) is 11.3 Å². The van der Waals surface area contributed by atoms with Crippen LogP contribution < -0.4 is 24.6 Å². The first-order valence-electron chi connectivity index (χ1n) is 12.8. The number of fused-ring (bicyclic) bond motifs is 3. The highest BCUT2D eigenvalue weighted by molar-refractivity contribution is 7.99. The van der Waals surface area contributed by atoms with Crippen LogP contribution in [-0.2, 0) is 9.59 Å². The number of thioether (sulfide) groups is 1. The van der Waals surface area contributed by atoms with Gasteiger partial charge in [-0.05, 0) is 29.3 Å². The summed E-state index contributed by atoms with van der Waals surface area (Å²) in [5.41, 5.74) is 0.0598. The van der Waals surface area contributed by atoms with Gasteiger partial charge in [-0.2, -0.15) is 0 Å². The first kappa shape index (κ1) is 28.7. The number of anilines is 1. The number of carbonyl (C=O) groups excluding carboxylic acids is 2. The minimum absolute atomic E-state index is 0.0502. The molecule has 0 unspecified atom stereocenters. The smallest absolute Gasteiger partial charge is 0.325 e. The lowest BCUT2D eigenvalue weighted by molar-refractivity contribution is -0.763. The Bertz CT molecular complexity index is 1520. The van der Waals surface area contributed by atoms with Crippen LogP contribution in [0, 0.1) is 10.1 Å². The summed E-state index contributed by atoms with van der Waals surface area (Å²) in [5, 5.41) is 17.1. The van der Waals surface area contributed by atoms with Crippen molar-refractivity contribution in [1.29, 1.82) is 0 Å². The standard InChI is InChI=1S/C27H29N5O7S/c1-5-6-7-10-13-40-27-28-25(35)23-19-11-8-9-12-21(19)30(16(2)33)26(31(23)29-27)20-14-18(38-4)15-22(32(36)37)24(20)39-17(3)34/h8-9,11-12,14-15,26H,5-7,10,13H2,1-4H3/p+1/t26-/m0/s1. The van der Waals surface area contributed by atoms with Crippen LogP contribution in [0.5, 0.6) is 11.5 Å².